The van der Waals surface area contributed by atoms with Crippen LogP contribution in [0, 0.1) is 18.8 Å². The molecule has 190 valence electrons. The van der Waals surface area contributed by atoms with Crippen LogP contribution in [0.3, 0.4) is 0 Å². The van der Waals surface area contributed by atoms with Gasteiger partial charge in [0.25, 0.3) is 0 Å². The largest absolute Gasteiger partial charge is 0.338 e. The summed E-state index contributed by atoms with van der Waals surface area (Å²) in [5.74, 6) is 0.327. The lowest BCUT2D eigenvalue weighted by Gasteiger charge is -2.35. The topological polar surface area (TPSA) is 84.3 Å². The summed E-state index contributed by atoms with van der Waals surface area (Å²) in [6.45, 7) is 6.79. The van der Waals surface area contributed by atoms with Gasteiger partial charge in [-0.25, -0.2) is 4.98 Å². The second-order valence-electron chi connectivity index (χ2n) is 10.6. The first-order chi connectivity index (χ1) is 16.8. The van der Waals surface area contributed by atoms with Gasteiger partial charge in [0.05, 0.1) is 6.04 Å². The van der Waals surface area contributed by atoms with Crippen molar-refractivity contribution in [2.24, 2.45) is 11.8 Å². The molecule has 3 heterocycles. The molecular formula is C28H40N4O3. The number of hydrogen-bond acceptors (Lipinski definition) is 5. The fourth-order valence-corrected chi connectivity index (χ4v) is 6.00. The monoisotopic (exact) mass is 480 g/mol. The van der Waals surface area contributed by atoms with Gasteiger partial charge >= 0.3 is 0 Å². The van der Waals surface area contributed by atoms with Crippen LogP contribution >= 0.6 is 0 Å². The number of aromatic nitrogens is 2. The predicted octanol–water partition coefficient (Wildman–Crippen LogP) is 4.30. The summed E-state index contributed by atoms with van der Waals surface area (Å²) in [5, 5.41) is 3.92. The molecule has 2 aliphatic rings. The molecule has 1 aliphatic heterocycles. The number of fused-ring (bicyclic) bond motifs is 1. The predicted molar refractivity (Wildman–Crippen MR) is 137 cm³/mol. The molecule has 7 heteroatoms. The Bertz CT molecular complexity index is 1090. The zero-order valence-electron chi connectivity index (χ0n) is 21.7. The zero-order chi connectivity index (χ0) is 25.1. The van der Waals surface area contributed by atoms with Gasteiger partial charge in [-0.15, -0.1) is 0 Å². The third-order valence-corrected chi connectivity index (χ3v) is 8.17. The van der Waals surface area contributed by atoms with Crippen LogP contribution in [-0.4, -0.2) is 57.6 Å². The SMILES string of the molecule is CN[C@@H](C)C(=O)C[C@H](C(=O)N1CCC[C@H]1Cn1cc(C(C)=O)c2cc(C)cnc21)C1CCCCC1. The summed E-state index contributed by atoms with van der Waals surface area (Å²) in [4.78, 5) is 45.8. The summed E-state index contributed by atoms with van der Waals surface area (Å²) in [6, 6.07) is 1.82. The van der Waals surface area contributed by atoms with Crippen molar-refractivity contribution in [2.75, 3.05) is 13.6 Å². The van der Waals surface area contributed by atoms with Gasteiger partial charge in [-0.05, 0) is 71.0 Å². The number of likely N-dealkylation sites (N-methyl/N-ethyl adjacent to an activating group) is 1. The second-order valence-corrected chi connectivity index (χ2v) is 10.6. The number of carbonyl (C=O) groups excluding carboxylic acids is 3. The van der Waals surface area contributed by atoms with Crippen LogP contribution in [0.2, 0.25) is 0 Å². The Labute approximate surface area is 208 Å². The van der Waals surface area contributed by atoms with E-state index in [1.54, 1.807) is 14.0 Å². The van der Waals surface area contributed by atoms with Crippen LogP contribution in [0.15, 0.2) is 18.5 Å². The summed E-state index contributed by atoms with van der Waals surface area (Å²) < 4.78 is 2.05. The lowest BCUT2D eigenvalue weighted by molar-refractivity contribution is -0.141. The van der Waals surface area contributed by atoms with Crippen LogP contribution in [0.4, 0.5) is 0 Å². The van der Waals surface area contributed by atoms with Crippen molar-refractivity contribution < 1.29 is 14.4 Å². The Morgan fingerprint density at radius 2 is 1.89 bits per heavy atom. The molecule has 1 N–H and O–H groups in total. The summed E-state index contributed by atoms with van der Waals surface area (Å²) in [5.41, 5.74) is 2.49. The molecule has 1 saturated heterocycles. The van der Waals surface area contributed by atoms with Gasteiger partial charge < -0.3 is 14.8 Å². The van der Waals surface area contributed by atoms with Gasteiger partial charge in [0.2, 0.25) is 5.91 Å². The molecule has 0 unspecified atom stereocenters. The van der Waals surface area contributed by atoms with E-state index >= 15 is 0 Å². The Balaban J connectivity index is 1.58. The number of hydrogen-bond donors (Lipinski definition) is 1. The molecule has 35 heavy (non-hydrogen) atoms. The van der Waals surface area contributed by atoms with Gasteiger partial charge in [0, 0.05) is 54.8 Å². The second kappa shape index (κ2) is 11.0. The van der Waals surface area contributed by atoms with Gasteiger partial charge in [0.15, 0.2) is 5.78 Å². The van der Waals surface area contributed by atoms with Crippen molar-refractivity contribution in [1.82, 2.24) is 19.8 Å². The molecule has 1 amide bonds. The van der Waals surface area contributed by atoms with E-state index in [4.69, 9.17) is 0 Å². The molecule has 1 saturated carbocycles. The van der Waals surface area contributed by atoms with E-state index in [0.717, 1.165) is 61.7 Å². The maximum atomic E-state index is 14.0. The van der Waals surface area contributed by atoms with Crippen molar-refractivity contribution in [3.8, 4) is 0 Å². The van der Waals surface area contributed by atoms with E-state index < -0.39 is 0 Å². The fraction of sp³-hybridized carbons (Fsp3) is 0.643. The van der Waals surface area contributed by atoms with Crippen LogP contribution in [0.5, 0.6) is 0 Å². The number of rotatable bonds is 9. The first-order valence-electron chi connectivity index (χ1n) is 13.3. The summed E-state index contributed by atoms with van der Waals surface area (Å²) in [6.07, 6.45) is 11.5. The van der Waals surface area contributed by atoms with Gasteiger partial charge in [-0.2, -0.15) is 0 Å². The minimum absolute atomic E-state index is 0.0232. The average molecular weight is 481 g/mol. The van der Waals surface area contributed by atoms with E-state index in [1.807, 2.05) is 41.8 Å². The van der Waals surface area contributed by atoms with Crippen molar-refractivity contribution in [1.29, 1.82) is 0 Å². The van der Waals surface area contributed by atoms with Crippen LogP contribution < -0.4 is 5.32 Å². The number of pyridine rings is 1. The Hall–Kier alpha value is -2.54. The lowest BCUT2D eigenvalue weighted by atomic mass is 9.76. The molecule has 2 fully saturated rings. The van der Waals surface area contributed by atoms with E-state index in [-0.39, 0.29) is 41.4 Å². The van der Waals surface area contributed by atoms with E-state index in [1.165, 1.54) is 6.42 Å². The number of Topliss-reactive ketones (excluding diaryl/α,β-unsaturated/α-hetero) is 2. The van der Waals surface area contributed by atoms with Crippen molar-refractivity contribution in [3.05, 3.63) is 29.6 Å². The smallest absolute Gasteiger partial charge is 0.226 e. The van der Waals surface area contributed by atoms with Crippen LogP contribution in [-0.2, 0) is 16.1 Å². The highest BCUT2D eigenvalue weighted by Gasteiger charge is 2.39. The molecule has 4 rings (SSSR count). The lowest BCUT2D eigenvalue weighted by Crippen LogP contribution is -2.45. The maximum absolute atomic E-state index is 14.0. The molecule has 7 nitrogen and oxygen atoms in total. The minimum atomic E-state index is -0.242. The molecule has 3 atom stereocenters. The first kappa shape index (κ1) is 25.5. The van der Waals surface area contributed by atoms with Crippen molar-refractivity contribution in [2.45, 2.75) is 90.8 Å². The van der Waals surface area contributed by atoms with Gasteiger partial charge in [-0.3, -0.25) is 14.4 Å². The molecule has 2 aromatic heterocycles. The number of nitrogens with one attached hydrogen (secondary N) is 1. The fourth-order valence-electron chi connectivity index (χ4n) is 6.00. The maximum Gasteiger partial charge on any atom is 0.226 e. The van der Waals surface area contributed by atoms with Crippen LogP contribution in [0.1, 0.15) is 81.1 Å². The number of amides is 1. The van der Waals surface area contributed by atoms with E-state index in [2.05, 4.69) is 10.3 Å². The highest BCUT2D eigenvalue weighted by Crippen LogP contribution is 2.35. The first-order valence-corrected chi connectivity index (χ1v) is 13.3. The van der Waals surface area contributed by atoms with Crippen LogP contribution in [0.25, 0.3) is 11.0 Å². The highest BCUT2D eigenvalue weighted by molar-refractivity contribution is 6.06. The number of nitrogens with zero attached hydrogens (tertiary/aromatic N) is 3. The Kier molecular flexibility index (Phi) is 8.05. The molecule has 2 aromatic rings. The third kappa shape index (κ3) is 5.50. The van der Waals surface area contributed by atoms with Crippen molar-refractivity contribution >= 4 is 28.5 Å². The molecule has 1 aliphatic carbocycles. The summed E-state index contributed by atoms with van der Waals surface area (Å²) >= 11 is 0. The number of carbonyl (C=O) groups is 3. The standard InChI is InChI=1S/C28H40N4O3/c1-18-13-24-25(20(3)33)17-31(27(24)30-15-18)16-22-11-8-12-32(22)28(35)23(14-26(34)19(2)29-4)21-9-6-5-7-10-21/h13,15,17,19,21-23,29H,5-12,14,16H2,1-4H3/t19-,22-,23-/m0/s1. The average Bonchev–Trinajstić information content (AvgIpc) is 3.46. The third-order valence-electron chi connectivity index (χ3n) is 8.17. The highest BCUT2D eigenvalue weighted by atomic mass is 16.2. The number of aryl methyl sites for hydroxylation is 1. The normalized spacial score (nSPS) is 20.8. The van der Waals surface area contributed by atoms with Gasteiger partial charge in [-0.1, -0.05) is 19.3 Å². The minimum Gasteiger partial charge on any atom is -0.338 e. The van der Waals surface area contributed by atoms with E-state index in [0.29, 0.717) is 18.5 Å². The van der Waals surface area contributed by atoms with Crippen molar-refractivity contribution in [3.63, 3.8) is 0 Å². The molecule has 0 aromatic carbocycles. The zero-order valence-corrected chi connectivity index (χ0v) is 21.7. The summed E-state index contributed by atoms with van der Waals surface area (Å²) in [7, 11) is 1.79. The quantitative estimate of drug-likeness (QED) is 0.541. The van der Waals surface area contributed by atoms with Gasteiger partial charge in [0.1, 0.15) is 11.4 Å². The Morgan fingerprint density at radius 3 is 2.57 bits per heavy atom. The molecule has 0 radical (unpaired) electrons. The number of ketones is 2. The molecule has 0 spiro atoms. The molecule has 0 bridgehead atoms. The number of likely N-dealkylation sites (tertiary alicyclic amines) is 1. The Morgan fingerprint density at radius 1 is 1.14 bits per heavy atom. The molecular weight excluding hydrogens is 440 g/mol. The van der Waals surface area contributed by atoms with E-state index in [9.17, 15) is 14.4 Å².